The van der Waals surface area contributed by atoms with Gasteiger partial charge in [0.05, 0.1) is 17.3 Å². The number of carbonyl (C=O) groups is 1. The molecular formula is C24H21BrN2O3. The smallest absolute Gasteiger partial charge is 0.307 e. The summed E-state index contributed by atoms with van der Waals surface area (Å²) in [4.78, 5) is 12.5. The van der Waals surface area contributed by atoms with Gasteiger partial charge < -0.3 is 9.15 Å². The van der Waals surface area contributed by atoms with E-state index in [2.05, 4.69) is 40.3 Å². The Morgan fingerprint density at radius 1 is 1.13 bits per heavy atom. The number of amides is 1. The fourth-order valence-corrected chi connectivity index (χ4v) is 3.61. The maximum Gasteiger partial charge on any atom is 0.307 e. The van der Waals surface area contributed by atoms with Crippen molar-refractivity contribution in [3.8, 4) is 5.75 Å². The lowest BCUT2D eigenvalue weighted by Gasteiger charge is -2.10. The molecule has 0 atom stereocenters. The number of carbonyl (C=O) groups excluding carboxylic acids is 1. The van der Waals surface area contributed by atoms with E-state index in [0.29, 0.717) is 18.1 Å². The monoisotopic (exact) mass is 464 g/mol. The number of hydrogen-bond acceptors (Lipinski definition) is 4. The van der Waals surface area contributed by atoms with Crippen LogP contribution >= 0.6 is 15.9 Å². The van der Waals surface area contributed by atoms with Gasteiger partial charge in [-0.3, -0.25) is 4.79 Å². The number of hydrogen-bond donors (Lipinski definition) is 1. The minimum atomic E-state index is -0.400. The van der Waals surface area contributed by atoms with Crippen LogP contribution in [0.2, 0.25) is 0 Å². The van der Waals surface area contributed by atoms with Gasteiger partial charge in [0.15, 0.2) is 5.76 Å². The van der Waals surface area contributed by atoms with Crippen LogP contribution in [0.1, 0.15) is 30.0 Å². The highest BCUT2D eigenvalue weighted by Crippen LogP contribution is 2.28. The van der Waals surface area contributed by atoms with Crippen molar-refractivity contribution in [1.29, 1.82) is 0 Å². The van der Waals surface area contributed by atoms with Gasteiger partial charge in [-0.05, 0) is 68.5 Å². The molecule has 1 amide bonds. The van der Waals surface area contributed by atoms with E-state index in [9.17, 15) is 4.79 Å². The minimum Gasteiger partial charge on any atom is -0.492 e. The largest absolute Gasteiger partial charge is 0.492 e. The molecule has 1 aromatic heterocycles. The molecule has 30 heavy (non-hydrogen) atoms. The first-order valence-electron chi connectivity index (χ1n) is 9.68. The van der Waals surface area contributed by atoms with Crippen LogP contribution in [0.5, 0.6) is 5.75 Å². The van der Waals surface area contributed by atoms with Gasteiger partial charge in [0.2, 0.25) is 0 Å². The quantitative estimate of drug-likeness (QED) is 0.275. The molecule has 5 nitrogen and oxygen atoms in total. The molecule has 0 unspecified atom stereocenters. The zero-order chi connectivity index (χ0) is 21.1. The summed E-state index contributed by atoms with van der Waals surface area (Å²) in [5.41, 5.74) is 4.02. The molecule has 1 N–H and O–H groups in total. The number of benzene rings is 3. The molecule has 0 fully saturated rings. The topological polar surface area (TPSA) is 63.8 Å². The van der Waals surface area contributed by atoms with Crippen molar-refractivity contribution in [3.63, 3.8) is 0 Å². The van der Waals surface area contributed by atoms with Crippen molar-refractivity contribution in [3.05, 3.63) is 76.5 Å². The van der Waals surface area contributed by atoms with Crippen LogP contribution in [0, 0.1) is 5.92 Å². The second-order valence-electron chi connectivity index (χ2n) is 7.40. The summed E-state index contributed by atoms with van der Waals surface area (Å²) >= 11 is 3.51. The Morgan fingerprint density at radius 3 is 2.77 bits per heavy atom. The first-order chi connectivity index (χ1) is 14.5. The average Bonchev–Trinajstić information content (AvgIpc) is 3.18. The Balaban J connectivity index is 1.46. The van der Waals surface area contributed by atoms with Gasteiger partial charge in [-0.1, -0.05) is 44.2 Å². The number of fused-ring (bicyclic) bond motifs is 3. The van der Waals surface area contributed by atoms with Crippen LogP contribution in [0.4, 0.5) is 0 Å². The van der Waals surface area contributed by atoms with Crippen molar-refractivity contribution in [2.45, 2.75) is 13.8 Å². The molecule has 1 heterocycles. The van der Waals surface area contributed by atoms with E-state index in [4.69, 9.17) is 9.15 Å². The average molecular weight is 465 g/mol. The third-order valence-electron chi connectivity index (χ3n) is 4.56. The summed E-state index contributed by atoms with van der Waals surface area (Å²) in [6.45, 7) is 4.85. The van der Waals surface area contributed by atoms with Crippen molar-refractivity contribution in [2.75, 3.05) is 6.61 Å². The van der Waals surface area contributed by atoms with Crippen molar-refractivity contribution in [2.24, 2.45) is 11.0 Å². The summed E-state index contributed by atoms with van der Waals surface area (Å²) in [6, 6.07) is 19.2. The van der Waals surface area contributed by atoms with Crippen LogP contribution < -0.4 is 10.2 Å². The van der Waals surface area contributed by atoms with E-state index in [-0.39, 0.29) is 5.76 Å². The highest BCUT2D eigenvalue weighted by Gasteiger charge is 2.13. The van der Waals surface area contributed by atoms with E-state index in [1.54, 1.807) is 12.3 Å². The Morgan fingerprint density at radius 2 is 1.97 bits per heavy atom. The highest BCUT2D eigenvalue weighted by molar-refractivity contribution is 9.10. The molecule has 152 valence electrons. The lowest BCUT2D eigenvalue weighted by Crippen LogP contribution is -2.16. The second kappa shape index (κ2) is 8.71. The number of hydrazone groups is 1. The predicted octanol–water partition coefficient (Wildman–Crippen LogP) is 6.15. The van der Waals surface area contributed by atoms with Gasteiger partial charge in [0.25, 0.3) is 0 Å². The van der Waals surface area contributed by atoms with Crippen molar-refractivity contribution < 1.29 is 13.9 Å². The van der Waals surface area contributed by atoms with E-state index in [1.807, 2.05) is 54.6 Å². The number of halogens is 1. The van der Waals surface area contributed by atoms with Crippen LogP contribution in [0.3, 0.4) is 0 Å². The fourth-order valence-electron chi connectivity index (χ4n) is 3.10. The van der Waals surface area contributed by atoms with E-state index >= 15 is 0 Å². The maximum atomic E-state index is 12.5. The van der Waals surface area contributed by atoms with Gasteiger partial charge in [-0.2, -0.15) is 5.10 Å². The Hall–Kier alpha value is -3.12. The van der Waals surface area contributed by atoms with E-state index in [1.165, 1.54) is 0 Å². The highest BCUT2D eigenvalue weighted by atomic mass is 79.9. The maximum absolute atomic E-state index is 12.5. The number of nitrogens with one attached hydrogen (secondary N) is 1. The summed E-state index contributed by atoms with van der Waals surface area (Å²) in [5, 5.41) is 7.10. The van der Waals surface area contributed by atoms with Crippen LogP contribution in [-0.2, 0) is 0 Å². The summed E-state index contributed by atoms with van der Waals surface area (Å²) in [5.74, 6) is 1.04. The van der Waals surface area contributed by atoms with Crippen molar-refractivity contribution >= 4 is 49.8 Å². The second-order valence-corrected chi connectivity index (χ2v) is 8.26. The fraction of sp³-hybridized carbons (Fsp3) is 0.167. The molecular weight excluding hydrogens is 444 g/mol. The Kier molecular flexibility index (Phi) is 5.86. The minimum absolute atomic E-state index is 0.220. The molecule has 4 aromatic rings. The zero-order valence-corrected chi connectivity index (χ0v) is 18.3. The standard InChI is InChI=1S/C24H21BrN2O3/c1-15(2)14-29-22-9-7-16(11-20(22)25)13-26-27-24(28)23-12-19-18-6-4-3-5-17(18)8-10-21(19)30-23/h3-13,15H,14H2,1-2H3,(H,27,28)/b26-13-. The Bertz CT molecular complexity index is 1240. The summed E-state index contributed by atoms with van der Waals surface area (Å²) in [6.07, 6.45) is 1.58. The number of ether oxygens (including phenoxy) is 1. The molecule has 0 saturated carbocycles. The van der Waals surface area contributed by atoms with Crippen molar-refractivity contribution in [1.82, 2.24) is 5.43 Å². The summed E-state index contributed by atoms with van der Waals surface area (Å²) in [7, 11) is 0. The summed E-state index contributed by atoms with van der Waals surface area (Å²) < 4.78 is 12.3. The molecule has 3 aromatic carbocycles. The third kappa shape index (κ3) is 4.39. The molecule has 0 radical (unpaired) electrons. The molecule has 0 saturated heterocycles. The SMILES string of the molecule is CC(C)COc1ccc(/C=N\NC(=O)c2cc3c(ccc4ccccc43)o2)cc1Br. The first kappa shape index (κ1) is 20.2. The molecule has 0 aliphatic carbocycles. The van der Waals surface area contributed by atoms with E-state index < -0.39 is 5.91 Å². The molecule has 0 spiro atoms. The van der Waals surface area contributed by atoms with Crippen LogP contribution in [0.15, 0.2) is 74.7 Å². The van der Waals surface area contributed by atoms with Gasteiger partial charge in [0.1, 0.15) is 11.3 Å². The predicted molar refractivity (Wildman–Crippen MR) is 123 cm³/mol. The third-order valence-corrected chi connectivity index (χ3v) is 5.18. The molecule has 4 rings (SSSR count). The molecule has 0 aliphatic heterocycles. The lowest BCUT2D eigenvalue weighted by molar-refractivity contribution is 0.0929. The normalized spacial score (nSPS) is 11.6. The number of furan rings is 1. The van der Waals surface area contributed by atoms with Gasteiger partial charge in [-0.25, -0.2) is 5.43 Å². The van der Waals surface area contributed by atoms with Crippen LogP contribution in [0.25, 0.3) is 21.7 Å². The molecule has 0 aliphatic rings. The zero-order valence-electron chi connectivity index (χ0n) is 16.7. The number of rotatable bonds is 6. The van der Waals surface area contributed by atoms with E-state index in [0.717, 1.165) is 31.9 Å². The van der Waals surface area contributed by atoms with Gasteiger partial charge in [-0.15, -0.1) is 0 Å². The van der Waals surface area contributed by atoms with Gasteiger partial charge >= 0.3 is 5.91 Å². The molecule has 0 bridgehead atoms. The molecule has 6 heteroatoms. The van der Waals surface area contributed by atoms with Gasteiger partial charge in [0, 0.05) is 5.39 Å². The number of nitrogens with zero attached hydrogens (tertiary/aromatic N) is 1. The lowest BCUT2D eigenvalue weighted by atomic mass is 10.1. The van der Waals surface area contributed by atoms with Crippen LogP contribution in [-0.4, -0.2) is 18.7 Å². The first-order valence-corrected chi connectivity index (χ1v) is 10.5. The Labute approximate surface area is 182 Å².